The molecule has 0 aliphatic carbocycles. The zero-order chi connectivity index (χ0) is 17.9. The topological polar surface area (TPSA) is 84.7 Å². The molecule has 1 aromatic heterocycles. The minimum absolute atomic E-state index is 0.158. The maximum atomic E-state index is 11.5. The van der Waals surface area contributed by atoms with Gasteiger partial charge >= 0.3 is 5.97 Å². The van der Waals surface area contributed by atoms with E-state index in [1.165, 1.54) is 0 Å². The summed E-state index contributed by atoms with van der Waals surface area (Å²) >= 11 is 0. The fraction of sp³-hybridized carbons (Fsp3) is 0.588. The number of hydrogen-bond acceptors (Lipinski definition) is 7. The molecule has 2 heterocycles. The molecule has 0 radical (unpaired) electrons. The fourth-order valence-corrected chi connectivity index (χ4v) is 2.65. The predicted molar refractivity (Wildman–Crippen MR) is 88.0 cm³/mol. The van der Waals surface area contributed by atoms with Crippen LogP contribution in [0.3, 0.4) is 0 Å². The molecule has 0 N–H and O–H groups in total. The fourth-order valence-electron chi connectivity index (χ4n) is 2.65. The number of anilines is 1. The highest BCUT2D eigenvalue weighted by Gasteiger charge is 2.32. The normalized spacial score (nSPS) is 15.2. The van der Waals surface area contributed by atoms with E-state index in [1.807, 2.05) is 32.8 Å². The SMILES string of the molecule is CCOC(=O)COc1nc(N(C)C)c2c(c1C#N)CC(C)(C)OC2. The van der Waals surface area contributed by atoms with Gasteiger partial charge in [-0.2, -0.15) is 10.2 Å². The molecule has 0 amide bonds. The zero-order valence-electron chi connectivity index (χ0n) is 14.8. The summed E-state index contributed by atoms with van der Waals surface area (Å²) in [6.45, 7) is 6.07. The lowest BCUT2D eigenvalue weighted by Gasteiger charge is -2.34. The summed E-state index contributed by atoms with van der Waals surface area (Å²) in [4.78, 5) is 17.8. The third-order valence-corrected chi connectivity index (χ3v) is 3.73. The first kappa shape index (κ1) is 18.0. The number of rotatable bonds is 5. The highest BCUT2D eigenvalue weighted by atomic mass is 16.6. The van der Waals surface area contributed by atoms with Gasteiger partial charge in [-0.05, 0) is 26.3 Å². The van der Waals surface area contributed by atoms with Crippen molar-refractivity contribution in [3.8, 4) is 11.9 Å². The molecule has 1 aromatic rings. The number of pyridine rings is 1. The van der Waals surface area contributed by atoms with Crippen LogP contribution >= 0.6 is 0 Å². The van der Waals surface area contributed by atoms with E-state index in [9.17, 15) is 10.1 Å². The summed E-state index contributed by atoms with van der Waals surface area (Å²) in [5, 5.41) is 9.60. The van der Waals surface area contributed by atoms with Crippen molar-refractivity contribution in [1.82, 2.24) is 4.98 Å². The van der Waals surface area contributed by atoms with Crippen LogP contribution in [0.15, 0.2) is 0 Å². The van der Waals surface area contributed by atoms with E-state index in [0.29, 0.717) is 24.4 Å². The molecule has 0 unspecified atom stereocenters. The van der Waals surface area contributed by atoms with Gasteiger partial charge in [0.2, 0.25) is 5.88 Å². The first-order valence-corrected chi connectivity index (χ1v) is 7.84. The predicted octanol–water partition coefficient (Wildman–Crippen LogP) is 1.81. The molecule has 1 aliphatic rings. The van der Waals surface area contributed by atoms with Crippen LogP contribution in [0.4, 0.5) is 5.82 Å². The Morgan fingerprint density at radius 1 is 1.42 bits per heavy atom. The largest absolute Gasteiger partial charge is 0.465 e. The van der Waals surface area contributed by atoms with Crippen LogP contribution in [0.25, 0.3) is 0 Å². The van der Waals surface area contributed by atoms with Gasteiger partial charge in [0.25, 0.3) is 0 Å². The van der Waals surface area contributed by atoms with Crippen molar-refractivity contribution < 1.29 is 19.0 Å². The number of carbonyl (C=O) groups is 1. The highest BCUT2D eigenvalue weighted by molar-refractivity contribution is 5.71. The smallest absolute Gasteiger partial charge is 0.344 e. The Morgan fingerprint density at radius 3 is 2.71 bits per heavy atom. The Morgan fingerprint density at radius 2 is 2.12 bits per heavy atom. The van der Waals surface area contributed by atoms with Gasteiger partial charge in [-0.25, -0.2) is 4.79 Å². The van der Waals surface area contributed by atoms with E-state index in [2.05, 4.69) is 11.1 Å². The first-order valence-electron chi connectivity index (χ1n) is 7.84. The molecule has 0 aromatic carbocycles. The Balaban J connectivity index is 2.46. The lowest BCUT2D eigenvalue weighted by Crippen LogP contribution is -2.34. The Bertz CT molecular complexity index is 677. The number of fused-ring (bicyclic) bond motifs is 1. The van der Waals surface area contributed by atoms with Crippen LogP contribution in [0.1, 0.15) is 37.5 Å². The second-order valence-electron chi connectivity index (χ2n) is 6.40. The van der Waals surface area contributed by atoms with Gasteiger partial charge in [0.05, 0.1) is 18.8 Å². The zero-order valence-corrected chi connectivity index (χ0v) is 14.8. The molecule has 7 nitrogen and oxygen atoms in total. The van der Waals surface area contributed by atoms with Crippen LogP contribution in [-0.2, 0) is 27.3 Å². The molecule has 0 saturated carbocycles. The van der Waals surface area contributed by atoms with Crippen molar-refractivity contribution in [2.24, 2.45) is 0 Å². The summed E-state index contributed by atoms with van der Waals surface area (Å²) in [5.74, 6) is 0.347. The van der Waals surface area contributed by atoms with Gasteiger partial charge in [-0.3, -0.25) is 0 Å². The minimum atomic E-state index is -0.490. The van der Waals surface area contributed by atoms with Gasteiger partial charge < -0.3 is 19.1 Å². The van der Waals surface area contributed by atoms with Crippen LogP contribution < -0.4 is 9.64 Å². The van der Waals surface area contributed by atoms with Crippen molar-refractivity contribution in [2.75, 3.05) is 32.2 Å². The summed E-state index contributed by atoms with van der Waals surface area (Å²) in [6, 6.07) is 2.17. The number of nitriles is 1. The number of esters is 1. The number of nitrogens with zero attached hydrogens (tertiary/aromatic N) is 3. The Hall–Kier alpha value is -2.33. The second kappa shape index (κ2) is 7.05. The average molecular weight is 333 g/mol. The molecule has 130 valence electrons. The maximum Gasteiger partial charge on any atom is 0.344 e. The lowest BCUT2D eigenvalue weighted by molar-refractivity contribution is -0.145. The Kier molecular flexibility index (Phi) is 5.30. The van der Waals surface area contributed by atoms with Gasteiger partial charge in [0, 0.05) is 26.1 Å². The third-order valence-electron chi connectivity index (χ3n) is 3.73. The minimum Gasteiger partial charge on any atom is -0.465 e. The van der Waals surface area contributed by atoms with E-state index in [-0.39, 0.29) is 24.7 Å². The van der Waals surface area contributed by atoms with Crippen molar-refractivity contribution in [3.63, 3.8) is 0 Å². The molecule has 24 heavy (non-hydrogen) atoms. The average Bonchev–Trinajstić information content (AvgIpc) is 2.50. The first-order chi connectivity index (χ1) is 11.3. The molecule has 7 heteroatoms. The van der Waals surface area contributed by atoms with Crippen LogP contribution in [-0.4, -0.2) is 43.9 Å². The van der Waals surface area contributed by atoms with E-state index in [1.54, 1.807) is 6.92 Å². The standard InChI is InChI=1S/C17H23N3O4/c1-6-22-14(21)10-23-16-12(8-18)11-7-17(2,3)24-9-13(11)15(19-16)20(4)5/h6-7,9-10H2,1-5H3. The van der Waals surface area contributed by atoms with Gasteiger partial charge in [0.1, 0.15) is 17.5 Å². The molecule has 1 aliphatic heterocycles. The summed E-state index contributed by atoms with van der Waals surface area (Å²) < 4.78 is 16.2. The quantitative estimate of drug-likeness (QED) is 0.760. The van der Waals surface area contributed by atoms with Crippen molar-refractivity contribution in [2.45, 2.75) is 39.4 Å². The number of aromatic nitrogens is 1. The van der Waals surface area contributed by atoms with Crippen LogP contribution in [0.5, 0.6) is 5.88 Å². The van der Waals surface area contributed by atoms with Gasteiger partial charge in [-0.1, -0.05) is 0 Å². The van der Waals surface area contributed by atoms with E-state index < -0.39 is 5.97 Å². The van der Waals surface area contributed by atoms with Crippen molar-refractivity contribution in [1.29, 1.82) is 5.26 Å². The number of carbonyl (C=O) groups excluding carboxylic acids is 1. The van der Waals surface area contributed by atoms with E-state index in [0.717, 1.165) is 11.1 Å². The summed E-state index contributed by atoms with van der Waals surface area (Å²) in [6.07, 6.45) is 0.574. The van der Waals surface area contributed by atoms with E-state index in [4.69, 9.17) is 14.2 Å². The summed E-state index contributed by atoms with van der Waals surface area (Å²) in [7, 11) is 3.73. The van der Waals surface area contributed by atoms with Gasteiger partial charge in [-0.15, -0.1) is 0 Å². The Labute approximate surface area is 142 Å². The van der Waals surface area contributed by atoms with Crippen molar-refractivity contribution >= 4 is 11.8 Å². The van der Waals surface area contributed by atoms with Crippen molar-refractivity contribution in [3.05, 3.63) is 16.7 Å². The molecular formula is C17H23N3O4. The number of hydrogen-bond donors (Lipinski definition) is 0. The van der Waals surface area contributed by atoms with Crippen LogP contribution in [0, 0.1) is 11.3 Å². The summed E-state index contributed by atoms with van der Waals surface area (Å²) in [5.41, 5.74) is 1.74. The van der Waals surface area contributed by atoms with Crippen LogP contribution in [0.2, 0.25) is 0 Å². The van der Waals surface area contributed by atoms with Gasteiger partial charge in [0.15, 0.2) is 6.61 Å². The maximum absolute atomic E-state index is 11.5. The molecular weight excluding hydrogens is 310 g/mol. The molecule has 0 bridgehead atoms. The second-order valence-corrected chi connectivity index (χ2v) is 6.40. The molecule has 0 atom stereocenters. The lowest BCUT2D eigenvalue weighted by atomic mass is 9.89. The van der Waals surface area contributed by atoms with E-state index >= 15 is 0 Å². The highest BCUT2D eigenvalue weighted by Crippen LogP contribution is 2.37. The molecule has 0 spiro atoms. The molecule has 2 rings (SSSR count). The monoisotopic (exact) mass is 333 g/mol. The number of ether oxygens (including phenoxy) is 3. The molecule has 0 fully saturated rings. The molecule has 0 saturated heterocycles. The third kappa shape index (κ3) is 3.77.